The van der Waals surface area contributed by atoms with Gasteiger partial charge in [-0.2, -0.15) is 0 Å². The summed E-state index contributed by atoms with van der Waals surface area (Å²) in [5.41, 5.74) is 0.731. The van der Waals surface area contributed by atoms with Crippen molar-refractivity contribution >= 4 is 11.7 Å². The van der Waals surface area contributed by atoms with Crippen LogP contribution in [0, 0.1) is 18.3 Å². The predicted molar refractivity (Wildman–Crippen MR) is 75.5 cm³/mol. The van der Waals surface area contributed by atoms with Gasteiger partial charge in [0.15, 0.2) is 0 Å². The Labute approximate surface area is 110 Å². The molecule has 1 aromatic rings. The Hall–Kier alpha value is -1.38. The van der Waals surface area contributed by atoms with E-state index in [0.717, 1.165) is 18.4 Å². The SMILES string of the molecule is CCC(C)CC(C)(C)C(=O)Nc1ccc(C)cn1. The molecule has 0 aliphatic heterocycles. The van der Waals surface area contributed by atoms with Gasteiger partial charge in [0.2, 0.25) is 5.91 Å². The maximum absolute atomic E-state index is 12.2. The van der Waals surface area contributed by atoms with Gasteiger partial charge >= 0.3 is 0 Å². The molecule has 1 heterocycles. The van der Waals surface area contributed by atoms with Crippen LogP contribution in [-0.4, -0.2) is 10.9 Å². The number of hydrogen-bond donors (Lipinski definition) is 1. The summed E-state index contributed by atoms with van der Waals surface area (Å²) < 4.78 is 0. The van der Waals surface area contributed by atoms with Gasteiger partial charge in [0.25, 0.3) is 0 Å². The number of carbonyl (C=O) groups excluding carboxylic acids is 1. The average molecular weight is 248 g/mol. The molecule has 1 amide bonds. The first kappa shape index (κ1) is 14.7. The van der Waals surface area contributed by atoms with Crippen molar-refractivity contribution in [2.45, 2.75) is 47.5 Å². The van der Waals surface area contributed by atoms with Crippen molar-refractivity contribution in [1.82, 2.24) is 4.98 Å². The molecular weight excluding hydrogens is 224 g/mol. The van der Waals surface area contributed by atoms with E-state index in [1.54, 1.807) is 6.20 Å². The molecule has 1 rings (SSSR count). The van der Waals surface area contributed by atoms with Gasteiger partial charge in [0.05, 0.1) is 0 Å². The molecule has 0 bridgehead atoms. The summed E-state index contributed by atoms with van der Waals surface area (Å²) >= 11 is 0. The van der Waals surface area contributed by atoms with Crippen LogP contribution in [-0.2, 0) is 4.79 Å². The third-order valence-electron chi connectivity index (χ3n) is 3.32. The zero-order valence-corrected chi connectivity index (χ0v) is 12.1. The smallest absolute Gasteiger partial charge is 0.231 e. The molecule has 3 heteroatoms. The molecule has 3 nitrogen and oxygen atoms in total. The highest BCUT2D eigenvalue weighted by Crippen LogP contribution is 2.28. The number of nitrogens with zero attached hydrogens (tertiary/aromatic N) is 1. The highest BCUT2D eigenvalue weighted by Gasteiger charge is 2.29. The highest BCUT2D eigenvalue weighted by molar-refractivity contribution is 5.93. The molecule has 0 spiro atoms. The lowest BCUT2D eigenvalue weighted by atomic mass is 9.81. The van der Waals surface area contributed by atoms with Crippen LogP contribution in [0.3, 0.4) is 0 Å². The van der Waals surface area contributed by atoms with Crippen molar-refractivity contribution in [3.63, 3.8) is 0 Å². The topological polar surface area (TPSA) is 42.0 Å². The Morgan fingerprint density at radius 2 is 2.11 bits per heavy atom. The molecule has 0 fully saturated rings. The first-order chi connectivity index (χ1) is 8.35. The second-order valence-electron chi connectivity index (χ2n) is 5.78. The van der Waals surface area contributed by atoms with Crippen LogP contribution in [0.5, 0.6) is 0 Å². The lowest BCUT2D eigenvalue weighted by molar-refractivity contribution is -0.124. The number of amides is 1. The first-order valence-electron chi connectivity index (χ1n) is 6.59. The Balaban J connectivity index is 2.66. The van der Waals surface area contributed by atoms with E-state index in [9.17, 15) is 4.79 Å². The monoisotopic (exact) mass is 248 g/mol. The molecule has 100 valence electrons. The molecular formula is C15H24N2O. The molecule has 1 N–H and O–H groups in total. The average Bonchev–Trinajstić information content (AvgIpc) is 2.31. The Morgan fingerprint density at radius 1 is 1.44 bits per heavy atom. The molecule has 1 aromatic heterocycles. The lowest BCUT2D eigenvalue weighted by Gasteiger charge is -2.26. The van der Waals surface area contributed by atoms with E-state index < -0.39 is 0 Å². The number of rotatable bonds is 5. The number of anilines is 1. The molecule has 0 aliphatic carbocycles. The Kier molecular flexibility index (Phi) is 4.88. The zero-order valence-electron chi connectivity index (χ0n) is 12.1. The molecule has 0 aliphatic rings. The van der Waals surface area contributed by atoms with Gasteiger partial charge in [0, 0.05) is 11.6 Å². The minimum Gasteiger partial charge on any atom is -0.310 e. The molecule has 1 atom stereocenters. The first-order valence-corrected chi connectivity index (χ1v) is 6.59. The quantitative estimate of drug-likeness (QED) is 0.861. The Bertz CT molecular complexity index is 395. The van der Waals surface area contributed by atoms with Gasteiger partial charge in [-0.1, -0.05) is 40.2 Å². The minimum absolute atomic E-state index is 0.0409. The summed E-state index contributed by atoms with van der Waals surface area (Å²) in [6, 6.07) is 3.79. The van der Waals surface area contributed by atoms with Crippen molar-refractivity contribution < 1.29 is 4.79 Å². The third-order valence-corrected chi connectivity index (χ3v) is 3.32. The summed E-state index contributed by atoms with van der Waals surface area (Å²) in [5.74, 6) is 1.22. The van der Waals surface area contributed by atoms with Crippen LogP contribution in [0.25, 0.3) is 0 Å². The van der Waals surface area contributed by atoms with Crippen molar-refractivity contribution in [2.75, 3.05) is 5.32 Å². The van der Waals surface area contributed by atoms with E-state index >= 15 is 0 Å². The molecule has 0 saturated carbocycles. The van der Waals surface area contributed by atoms with E-state index in [4.69, 9.17) is 0 Å². The second kappa shape index (κ2) is 5.98. The van der Waals surface area contributed by atoms with E-state index in [1.807, 2.05) is 32.9 Å². The van der Waals surface area contributed by atoms with Crippen LogP contribution in [0.2, 0.25) is 0 Å². The fourth-order valence-corrected chi connectivity index (χ4v) is 1.94. The van der Waals surface area contributed by atoms with E-state index in [0.29, 0.717) is 11.7 Å². The van der Waals surface area contributed by atoms with Gasteiger partial charge in [-0.25, -0.2) is 4.98 Å². The van der Waals surface area contributed by atoms with Crippen molar-refractivity contribution in [2.24, 2.45) is 11.3 Å². The van der Waals surface area contributed by atoms with Crippen LogP contribution < -0.4 is 5.32 Å². The Morgan fingerprint density at radius 3 is 2.61 bits per heavy atom. The van der Waals surface area contributed by atoms with E-state index in [-0.39, 0.29) is 11.3 Å². The van der Waals surface area contributed by atoms with Gasteiger partial charge in [0.1, 0.15) is 5.82 Å². The fourth-order valence-electron chi connectivity index (χ4n) is 1.94. The second-order valence-corrected chi connectivity index (χ2v) is 5.78. The maximum atomic E-state index is 12.2. The lowest BCUT2D eigenvalue weighted by Crippen LogP contribution is -2.32. The molecule has 0 radical (unpaired) electrons. The molecule has 0 aromatic carbocycles. The normalized spacial score (nSPS) is 13.2. The number of aryl methyl sites for hydroxylation is 1. The predicted octanol–water partition coefficient (Wildman–Crippen LogP) is 3.79. The van der Waals surface area contributed by atoms with Gasteiger partial charge in [-0.3, -0.25) is 4.79 Å². The number of hydrogen-bond acceptors (Lipinski definition) is 2. The van der Waals surface area contributed by atoms with Crippen LogP contribution in [0.1, 0.15) is 46.1 Å². The largest absolute Gasteiger partial charge is 0.310 e. The maximum Gasteiger partial charge on any atom is 0.231 e. The summed E-state index contributed by atoms with van der Waals surface area (Å²) in [6.45, 7) is 10.3. The summed E-state index contributed by atoms with van der Waals surface area (Å²) in [7, 11) is 0. The van der Waals surface area contributed by atoms with Gasteiger partial charge in [-0.15, -0.1) is 0 Å². The molecule has 18 heavy (non-hydrogen) atoms. The summed E-state index contributed by atoms with van der Waals surface area (Å²) in [4.78, 5) is 16.4. The zero-order chi connectivity index (χ0) is 13.8. The van der Waals surface area contributed by atoms with Crippen molar-refractivity contribution in [3.05, 3.63) is 23.9 Å². The molecule has 1 unspecified atom stereocenters. The van der Waals surface area contributed by atoms with Crippen molar-refractivity contribution in [3.8, 4) is 0 Å². The summed E-state index contributed by atoms with van der Waals surface area (Å²) in [5, 5.41) is 2.89. The number of aromatic nitrogens is 1. The number of nitrogens with one attached hydrogen (secondary N) is 1. The van der Waals surface area contributed by atoms with Gasteiger partial charge < -0.3 is 5.32 Å². The standard InChI is InChI=1S/C15H24N2O/c1-6-11(2)9-15(4,5)14(18)17-13-8-7-12(3)10-16-13/h7-8,10-11H,6,9H2,1-5H3,(H,16,17,18). The third kappa shape index (κ3) is 4.13. The number of carbonyl (C=O) groups is 1. The van der Waals surface area contributed by atoms with Crippen LogP contribution in [0.15, 0.2) is 18.3 Å². The van der Waals surface area contributed by atoms with E-state index in [1.165, 1.54) is 0 Å². The van der Waals surface area contributed by atoms with Gasteiger partial charge in [-0.05, 0) is 30.9 Å². The minimum atomic E-state index is -0.359. The fraction of sp³-hybridized carbons (Fsp3) is 0.600. The van der Waals surface area contributed by atoms with Crippen molar-refractivity contribution in [1.29, 1.82) is 0 Å². The summed E-state index contributed by atoms with van der Waals surface area (Å²) in [6.07, 6.45) is 3.75. The van der Waals surface area contributed by atoms with E-state index in [2.05, 4.69) is 24.1 Å². The molecule has 0 saturated heterocycles. The highest BCUT2D eigenvalue weighted by atomic mass is 16.2. The number of pyridine rings is 1. The van der Waals surface area contributed by atoms with Crippen LogP contribution >= 0.6 is 0 Å². The van der Waals surface area contributed by atoms with Crippen LogP contribution in [0.4, 0.5) is 5.82 Å².